The first-order chi connectivity index (χ1) is 13.2. The second-order valence-electron chi connectivity index (χ2n) is 7.68. The summed E-state index contributed by atoms with van der Waals surface area (Å²) >= 11 is 0. The third-order valence-electron chi connectivity index (χ3n) is 5.66. The van der Waals surface area contributed by atoms with Gasteiger partial charge in [0.15, 0.2) is 0 Å². The summed E-state index contributed by atoms with van der Waals surface area (Å²) in [4.78, 5) is 25.2. The molecule has 140 valence electrons. The molecular formula is C23H26N2O2. The summed E-state index contributed by atoms with van der Waals surface area (Å²) in [7, 11) is 0. The van der Waals surface area contributed by atoms with Crippen molar-refractivity contribution in [2.45, 2.75) is 57.4 Å². The number of hydrogen-bond donors (Lipinski definition) is 2. The summed E-state index contributed by atoms with van der Waals surface area (Å²) in [6.07, 6.45) is 8.20. The minimum Gasteiger partial charge on any atom is -0.349 e. The molecule has 0 radical (unpaired) electrons. The summed E-state index contributed by atoms with van der Waals surface area (Å²) < 4.78 is 0. The zero-order valence-corrected chi connectivity index (χ0v) is 15.6. The number of carbonyl (C=O) groups is 2. The third-order valence-corrected chi connectivity index (χ3v) is 5.66. The molecular weight excluding hydrogens is 336 g/mol. The first kappa shape index (κ1) is 17.8. The second-order valence-corrected chi connectivity index (χ2v) is 7.68. The molecule has 2 N–H and O–H groups in total. The highest BCUT2D eigenvalue weighted by atomic mass is 16.2. The van der Waals surface area contributed by atoms with Crippen molar-refractivity contribution in [2.24, 2.45) is 0 Å². The standard InChI is InChI=1S/C23H26N2O2/c26-22(15-16-12-13-17-6-5-7-18(17)14-16)25-21-11-4-3-10-20(21)23(27)24-19-8-1-2-9-19/h3-4,10-14,19H,1-2,5-9,15H2,(H,24,27)(H,25,26). The molecule has 2 aliphatic carbocycles. The average Bonchev–Trinajstić information content (AvgIpc) is 3.33. The molecule has 0 unspecified atom stereocenters. The van der Waals surface area contributed by atoms with Crippen molar-refractivity contribution < 1.29 is 9.59 Å². The van der Waals surface area contributed by atoms with Gasteiger partial charge in [-0.3, -0.25) is 9.59 Å². The van der Waals surface area contributed by atoms with E-state index in [2.05, 4.69) is 22.8 Å². The second kappa shape index (κ2) is 7.95. The van der Waals surface area contributed by atoms with Crippen LogP contribution in [0.3, 0.4) is 0 Å². The Morgan fingerprint density at radius 3 is 2.56 bits per heavy atom. The molecule has 27 heavy (non-hydrogen) atoms. The number of nitrogens with one attached hydrogen (secondary N) is 2. The summed E-state index contributed by atoms with van der Waals surface area (Å²) in [5.74, 6) is -0.190. The number of rotatable bonds is 5. The van der Waals surface area contributed by atoms with E-state index >= 15 is 0 Å². The number of para-hydroxylation sites is 1. The molecule has 0 bridgehead atoms. The van der Waals surface area contributed by atoms with Crippen LogP contribution in [0.1, 0.15) is 59.2 Å². The maximum atomic E-state index is 12.6. The lowest BCUT2D eigenvalue weighted by atomic mass is 10.0. The van der Waals surface area contributed by atoms with E-state index in [4.69, 9.17) is 0 Å². The van der Waals surface area contributed by atoms with Crippen molar-refractivity contribution >= 4 is 17.5 Å². The van der Waals surface area contributed by atoms with Gasteiger partial charge in [-0.25, -0.2) is 0 Å². The average molecular weight is 362 g/mol. The fourth-order valence-corrected chi connectivity index (χ4v) is 4.24. The molecule has 0 spiro atoms. The van der Waals surface area contributed by atoms with Crippen LogP contribution in [-0.4, -0.2) is 17.9 Å². The molecule has 0 aromatic heterocycles. The molecule has 4 rings (SSSR count). The Morgan fingerprint density at radius 1 is 0.926 bits per heavy atom. The normalized spacial score (nSPS) is 16.1. The monoisotopic (exact) mass is 362 g/mol. The van der Waals surface area contributed by atoms with Gasteiger partial charge in [0.05, 0.1) is 17.7 Å². The predicted molar refractivity (Wildman–Crippen MR) is 107 cm³/mol. The minimum absolute atomic E-state index is 0.0888. The van der Waals surface area contributed by atoms with Crippen LogP contribution >= 0.6 is 0 Å². The highest BCUT2D eigenvalue weighted by molar-refractivity contribution is 6.04. The van der Waals surface area contributed by atoms with E-state index in [1.165, 1.54) is 30.4 Å². The molecule has 2 aliphatic rings. The Bertz CT molecular complexity index is 853. The lowest BCUT2D eigenvalue weighted by Crippen LogP contribution is -2.33. The highest BCUT2D eigenvalue weighted by Gasteiger charge is 2.20. The first-order valence-corrected chi connectivity index (χ1v) is 9.99. The molecule has 1 saturated carbocycles. The summed E-state index contributed by atoms with van der Waals surface area (Å²) in [6, 6.07) is 13.8. The Kier molecular flexibility index (Phi) is 5.23. The lowest BCUT2D eigenvalue weighted by Gasteiger charge is -2.15. The van der Waals surface area contributed by atoms with E-state index < -0.39 is 0 Å². The van der Waals surface area contributed by atoms with Gasteiger partial charge in [0.25, 0.3) is 5.91 Å². The van der Waals surface area contributed by atoms with Crippen molar-refractivity contribution in [3.8, 4) is 0 Å². The van der Waals surface area contributed by atoms with E-state index in [0.29, 0.717) is 17.7 Å². The quantitative estimate of drug-likeness (QED) is 0.844. The van der Waals surface area contributed by atoms with E-state index in [-0.39, 0.29) is 17.9 Å². The van der Waals surface area contributed by atoms with Crippen LogP contribution in [0.4, 0.5) is 5.69 Å². The van der Waals surface area contributed by atoms with Crippen molar-refractivity contribution in [1.29, 1.82) is 0 Å². The summed E-state index contributed by atoms with van der Waals surface area (Å²) in [5.41, 5.74) is 4.93. The molecule has 2 aromatic carbocycles. The Labute approximate surface area is 160 Å². The fourth-order valence-electron chi connectivity index (χ4n) is 4.24. The third kappa shape index (κ3) is 4.21. The zero-order chi connectivity index (χ0) is 18.6. The molecule has 0 heterocycles. The van der Waals surface area contributed by atoms with Gasteiger partial charge in [-0.05, 0) is 60.9 Å². The van der Waals surface area contributed by atoms with Crippen molar-refractivity contribution in [2.75, 3.05) is 5.32 Å². The summed E-state index contributed by atoms with van der Waals surface area (Å²) in [5, 5.41) is 6.03. The maximum absolute atomic E-state index is 12.6. The predicted octanol–water partition coefficient (Wildman–Crippen LogP) is 4.03. The van der Waals surface area contributed by atoms with E-state index in [1.807, 2.05) is 18.2 Å². The molecule has 4 heteroatoms. The van der Waals surface area contributed by atoms with Gasteiger partial charge in [0.1, 0.15) is 0 Å². The molecule has 2 aromatic rings. The van der Waals surface area contributed by atoms with Crippen molar-refractivity contribution in [3.63, 3.8) is 0 Å². The zero-order valence-electron chi connectivity index (χ0n) is 15.6. The van der Waals surface area contributed by atoms with Crippen LogP contribution in [0.2, 0.25) is 0 Å². The van der Waals surface area contributed by atoms with Gasteiger partial charge in [-0.2, -0.15) is 0 Å². The van der Waals surface area contributed by atoms with Gasteiger partial charge < -0.3 is 10.6 Å². The number of aryl methyl sites for hydroxylation is 2. The van der Waals surface area contributed by atoms with Crippen LogP contribution in [0.25, 0.3) is 0 Å². The topological polar surface area (TPSA) is 58.2 Å². The van der Waals surface area contributed by atoms with E-state index in [0.717, 1.165) is 31.2 Å². The number of amides is 2. The van der Waals surface area contributed by atoms with Crippen molar-refractivity contribution in [1.82, 2.24) is 5.32 Å². The molecule has 4 nitrogen and oxygen atoms in total. The molecule has 0 aliphatic heterocycles. The molecule has 0 atom stereocenters. The van der Waals surface area contributed by atoms with Crippen LogP contribution in [0, 0.1) is 0 Å². The number of benzene rings is 2. The maximum Gasteiger partial charge on any atom is 0.253 e. The summed E-state index contributed by atoms with van der Waals surface area (Å²) in [6.45, 7) is 0. The number of carbonyl (C=O) groups excluding carboxylic acids is 2. The SMILES string of the molecule is O=C(Cc1ccc2c(c1)CCC2)Nc1ccccc1C(=O)NC1CCCC1. The smallest absolute Gasteiger partial charge is 0.253 e. The van der Waals surface area contributed by atoms with E-state index in [9.17, 15) is 9.59 Å². The largest absolute Gasteiger partial charge is 0.349 e. The number of anilines is 1. The van der Waals surface area contributed by atoms with Crippen molar-refractivity contribution in [3.05, 3.63) is 64.7 Å². The van der Waals surface area contributed by atoms with Crippen LogP contribution in [-0.2, 0) is 24.1 Å². The van der Waals surface area contributed by atoms with Gasteiger partial charge in [0, 0.05) is 6.04 Å². The van der Waals surface area contributed by atoms with Crippen LogP contribution in [0.5, 0.6) is 0 Å². The van der Waals surface area contributed by atoms with Crippen LogP contribution in [0.15, 0.2) is 42.5 Å². The van der Waals surface area contributed by atoms with Crippen LogP contribution < -0.4 is 10.6 Å². The Morgan fingerprint density at radius 2 is 1.70 bits per heavy atom. The van der Waals surface area contributed by atoms with E-state index in [1.54, 1.807) is 12.1 Å². The Hall–Kier alpha value is -2.62. The van der Waals surface area contributed by atoms with Gasteiger partial charge in [-0.1, -0.05) is 43.2 Å². The Balaban J connectivity index is 1.42. The number of fused-ring (bicyclic) bond motifs is 1. The first-order valence-electron chi connectivity index (χ1n) is 9.99. The number of hydrogen-bond acceptors (Lipinski definition) is 2. The minimum atomic E-state index is -0.102. The van der Waals surface area contributed by atoms with Gasteiger partial charge >= 0.3 is 0 Å². The molecule has 2 amide bonds. The van der Waals surface area contributed by atoms with Gasteiger partial charge in [-0.15, -0.1) is 0 Å². The fraction of sp³-hybridized carbons (Fsp3) is 0.391. The molecule has 1 fully saturated rings. The lowest BCUT2D eigenvalue weighted by molar-refractivity contribution is -0.115. The van der Waals surface area contributed by atoms with Gasteiger partial charge in [0.2, 0.25) is 5.91 Å². The molecule has 0 saturated heterocycles. The highest BCUT2D eigenvalue weighted by Crippen LogP contribution is 2.24.